The van der Waals surface area contributed by atoms with Crippen molar-refractivity contribution in [3.8, 4) is 11.4 Å². The number of hydrogen-bond donors (Lipinski definition) is 1. The number of halogens is 3. The van der Waals surface area contributed by atoms with E-state index >= 15 is 0 Å². The lowest BCUT2D eigenvalue weighted by atomic mass is 10.1. The molecule has 7 nitrogen and oxygen atoms in total. The standard InChI is InChI=1S/C16H15F3N4O3/c1-3-8-25-20-9-10(2)21-14(24)12-6-4-11(5-7-12)13-22-15(26-23-13)16(17,18)19/h3-7,9-10H,1,8H2,2H3,(H,21,24)/b20-9-. The molecule has 1 amide bonds. The van der Waals surface area contributed by atoms with Gasteiger partial charge in [-0.05, 0) is 19.1 Å². The van der Waals surface area contributed by atoms with Crippen LogP contribution in [0.15, 0.2) is 46.6 Å². The summed E-state index contributed by atoms with van der Waals surface area (Å²) in [7, 11) is 0. The molecule has 1 aromatic heterocycles. The lowest BCUT2D eigenvalue weighted by Crippen LogP contribution is -2.33. The first kappa shape index (κ1) is 19.2. The van der Waals surface area contributed by atoms with Gasteiger partial charge in [0.1, 0.15) is 6.61 Å². The zero-order valence-electron chi connectivity index (χ0n) is 13.7. The topological polar surface area (TPSA) is 89.6 Å². The van der Waals surface area contributed by atoms with Gasteiger partial charge in [-0.15, -0.1) is 0 Å². The number of nitrogens with zero attached hydrogens (tertiary/aromatic N) is 3. The molecule has 0 aliphatic rings. The Morgan fingerprint density at radius 2 is 2.12 bits per heavy atom. The minimum Gasteiger partial charge on any atom is -0.392 e. The molecule has 26 heavy (non-hydrogen) atoms. The van der Waals surface area contributed by atoms with Crippen LogP contribution in [0.1, 0.15) is 23.2 Å². The van der Waals surface area contributed by atoms with Crippen LogP contribution in [0.5, 0.6) is 0 Å². The molecule has 1 N–H and O–H groups in total. The molecule has 0 radical (unpaired) electrons. The van der Waals surface area contributed by atoms with Gasteiger partial charge in [0, 0.05) is 11.1 Å². The van der Waals surface area contributed by atoms with E-state index in [0.29, 0.717) is 5.56 Å². The van der Waals surface area contributed by atoms with Crippen molar-refractivity contribution >= 4 is 12.1 Å². The summed E-state index contributed by atoms with van der Waals surface area (Å²) in [5, 5.41) is 9.60. The number of carbonyl (C=O) groups is 1. The monoisotopic (exact) mass is 368 g/mol. The van der Waals surface area contributed by atoms with Gasteiger partial charge in [-0.3, -0.25) is 4.79 Å². The fraction of sp³-hybridized carbons (Fsp3) is 0.250. The summed E-state index contributed by atoms with van der Waals surface area (Å²) in [5.41, 5.74) is 0.591. The SMILES string of the molecule is C=CCO/N=C\C(C)NC(=O)c1ccc(-c2noc(C(F)(F)F)n2)cc1. The molecule has 2 aromatic rings. The summed E-state index contributed by atoms with van der Waals surface area (Å²) in [5.74, 6) is -2.03. The van der Waals surface area contributed by atoms with Crippen molar-refractivity contribution in [1.29, 1.82) is 0 Å². The van der Waals surface area contributed by atoms with E-state index in [0.717, 1.165) is 0 Å². The highest BCUT2D eigenvalue weighted by molar-refractivity contribution is 5.96. The average molecular weight is 368 g/mol. The number of carbonyl (C=O) groups excluding carboxylic acids is 1. The highest BCUT2D eigenvalue weighted by atomic mass is 19.4. The molecule has 0 aliphatic carbocycles. The largest absolute Gasteiger partial charge is 0.471 e. The van der Waals surface area contributed by atoms with Crippen LogP contribution in [0, 0.1) is 0 Å². The van der Waals surface area contributed by atoms with Gasteiger partial charge in [0.25, 0.3) is 5.91 Å². The Balaban J connectivity index is 2.00. The van der Waals surface area contributed by atoms with E-state index in [2.05, 4.69) is 31.7 Å². The fourth-order valence-electron chi connectivity index (χ4n) is 1.78. The Hall–Kier alpha value is -3.17. The van der Waals surface area contributed by atoms with E-state index < -0.39 is 18.1 Å². The van der Waals surface area contributed by atoms with E-state index in [1.165, 1.54) is 36.6 Å². The summed E-state index contributed by atoms with van der Waals surface area (Å²) >= 11 is 0. The minimum atomic E-state index is -4.71. The number of oxime groups is 1. The summed E-state index contributed by atoms with van der Waals surface area (Å²) in [4.78, 5) is 20.2. The highest BCUT2D eigenvalue weighted by Gasteiger charge is 2.38. The highest BCUT2D eigenvalue weighted by Crippen LogP contribution is 2.29. The molecular weight excluding hydrogens is 353 g/mol. The Labute approximate surface area is 146 Å². The van der Waals surface area contributed by atoms with Gasteiger partial charge in [-0.2, -0.15) is 18.2 Å². The molecule has 10 heteroatoms. The van der Waals surface area contributed by atoms with Crippen molar-refractivity contribution < 1.29 is 27.3 Å². The Bertz CT molecular complexity index is 785. The summed E-state index contributed by atoms with van der Waals surface area (Å²) < 4.78 is 41.6. The van der Waals surface area contributed by atoms with E-state index in [1.807, 2.05) is 0 Å². The lowest BCUT2D eigenvalue weighted by molar-refractivity contribution is -0.159. The predicted molar refractivity (Wildman–Crippen MR) is 86.3 cm³/mol. The van der Waals surface area contributed by atoms with Crippen LogP contribution in [-0.4, -0.2) is 34.9 Å². The third kappa shape index (κ3) is 5.16. The maximum atomic E-state index is 12.5. The fourth-order valence-corrected chi connectivity index (χ4v) is 1.78. The number of aromatic nitrogens is 2. The van der Waals surface area contributed by atoms with Gasteiger partial charge in [-0.25, -0.2) is 0 Å². The third-order valence-corrected chi connectivity index (χ3v) is 2.98. The maximum absolute atomic E-state index is 12.5. The molecule has 1 unspecified atom stereocenters. The van der Waals surface area contributed by atoms with Crippen molar-refractivity contribution in [2.75, 3.05) is 6.61 Å². The van der Waals surface area contributed by atoms with E-state index in [4.69, 9.17) is 4.84 Å². The normalized spacial score (nSPS) is 12.8. The molecule has 2 rings (SSSR count). The lowest BCUT2D eigenvalue weighted by Gasteiger charge is -2.09. The smallest absolute Gasteiger partial charge is 0.392 e. The molecule has 0 spiro atoms. The van der Waals surface area contributed by atoms with Crippen LogP contribution < -0.4 is 5.32 Å². The van der Waals surface area contributed by atoms with Crippen molar-refractivity contribution in [1.82, 2.24) is 15.5 Å². The molecule has 0 saturated heterocycles. The van der Waals surface area contributed by atoms with Crippen LogP contribution in [0.4, 0.5) is 13.2 Å². The maximum Gasteiger partial charge on any atom is 0.471 e. The number of nitrogens with one attached hydrogen (secondary N) is 1. The molecular formula is C16H15F3N4O3. The molecule has 138 valence electrons. The zero-order chi connectivity index (χ0) is 19.2. The van der Waals surface area contributed by atoms with Crippen LogP contribution in [0.25, 0.3) is 11.4 Å². The number of hydrogen-bond acceptors (Lipinski definition) is 6. The van der Waals surface area contributed by atoms with Gasteiger partial charge in [0.15, 0.2) is 0 Å². The van der Waals surface area contributed by atoms with Crippen molar-refractivity contribution in [3.63, 3.8) is 0 Å². The van der Waals surface area contributed by atoms with Gasteiger partial charge in [-0.1, -0.05) is 35.1 Å². The number of alkyl halides is 3. The summed E-state index contributed by atoms with van der Waals surface area (Å²) in [6, 6.07) is 5.33. The van der Waals surface area contributed by atoms with Gasteiger partial charge in [0.05, 0.1) is 12.3 Å². The van der Waals surface area contributed by atoms with Gasteiger partial charge >= 0.3 is 12.1 Å². The Kier molecular flexibility index (Phi) is 6.10. The average Bonchev–Trinajstić information content (AvgIpc) is 3.09. The van der Waals surface area contributed by atoms with Gasteiger partial charge < -0.3 is 14.7 Å². The number of amides is 1. The molecule has 1 aromatic carbocycles. The molecule has 0 aliphatic heterocycles. The summed E-state index contributed by atoms with van der Waals surface area (Å²) in [6.07, 6.45) is -1.77. The van der Waals surface area contributed by atoms with Crippen molar-refractivity contribution in [2.45, 2.75) is 19.1 Å². The molecule has 0 bridgehead atoms. The second kappa shape index (κ2) is 8.28. The number of benzene rings is 1. The Morgan fingerprint density at radius 1 is 1.42 bits per heavy atom. The minimum absolute atomic E-state index is 0.218. The Morgan fingerprint density at radius 3 is 2.69 bits per heavy atom. The second-order valence-electron chi connectivity index (χ2n) is 5.10. The van der Waals surface area contributed by atoms with Gasteiger partial charge in [0.2, 0.25) is 5.82 Å². The first-order chi connectivity index (χ1) is 12.3. The third-order valence-electron chi connectivity index (χ3n) is 2.98. The van der Waals surface area contributed by atoms with Crippen LogP contribution in [-0.2, 0) is 11.0 Å². The number of rotatable bonds is 7. The molecule has 0 saturated carbocycles. The van der Waals surface area contributed by atoms with E-state index in [1.54, 1.807) is 6.92 Å². The van der Waals surface area contributed by atoms with E-state index in [9.17, 15) is 18.0 Å². The first-order valence-corrected chi connectivity index (χ1v) is 7.40. The molecule has 1 atom stereocenters. The predicted octanol–water partition coefficient (Wildman–Crippen LogP) is 3.06. The molecule has 1 heterocycles. The van der Waals surface area contributed by atoms with Crippen LogP contribution in [0.3, 0.4) is 0 Å². The van der Waals surface area contributed by atoms with Crippen LogP contribution >= 0.6 is 0 Å². The molecule has 0 fully saturated rings. The quantitative estimate of drug-likeness (QED) is 0.351. The van der Waals surface area contributed by atoms with E-state index in [-0.39, 0.29) is 23.9 Å². The first-order valence-electron chi connectivity index (χ1n) is 7.40. The second-order valence-corrected chi connectivity index (χ2v) is 5.10. The van der Waals surface area contributed by atoms with Crippen molar-refractivity contribution in [2.24, 2.45) is 5.16 Å². The van der Waals surface area contributed by atoms with Crippen molar-refractivity contribution in [3.05, 3.63) is 48.4 Å². The zero-order valence-corrected chi connectivity index (χ0v) is 13.7. The summed E-state index contributed by atoms with van der Waals surface area (Å²) in [6.45, 7) is 5.42. The van der Waals surface area contributed by atoms with Crippen LogP contribution in [0.2, 0.25) is 0 Å².